The van der Waals surface area contributed by atoms with Crippen LogP contribution in [-0.4, -0.2) is 36.7 Å². The van der Waals surface area contributed by atoms with Gasteiger partial charge in [-0.1, -0.05) is 6.07 Å². The fraction of sp³-hybridized carbons (Fsp3) is 0.455. The number of hydrogen-bond acceptors (Lipinski definition) is 4. The van der Waals surface area contributed by atoms with Gasteiger partial charge in [-0.15, -0.1) is 0 Å². The second-order valence-corrected chi connectivity index (χ2v) is 3.72. The Hall–Kier alpha value is -1.46. The van der Waals surface area contributed by atoms with Gasteiger partial charge in [-0.3, -0.25) is 4.79 Å². The summed E-state index contributed by atoms with van der Waals surface area (Å²) in [5.74, 6) is 0.454. The van der Waals surface area contributed by atoms with Crippen LogP contribution in [0, 0.1) is 6.92 Å². The van der Waals surface area contributed by atoms with Crippen molar-refractivity contribution < 1.29 is 9.53 Å². The SMILES string of the molecule is Cc1cccnc1NC(=O)C1CNCCO1. The van der Waals surface area contributed by atoms with Gasteiger partial charge in [-0.2, -0.15) is 0 Å². The first-order valence-corrected chi connectivity index (χ1v) is 5.32. The Bertz CT molecular complexity index is 375. The predicted molar refractivity (Wildman–Crippen MR) is 60.2 cm³/mol. The van der Waals surface area contributed by atoms with Gasteiger partial charge >= 0.3 is 0 Å². The van der Waals surface area contributed by atoms with Gasteiger partial charge in [0.05, 0.1) is 6.61 Å². The van der Waals surface area contributed by atoms with Crippen LogP contribution in [0.4, 0.5) is 5.82 Å². The van der Waals surface area contributed by atoms with Crippen molar-refractivity contribution in [3.63, 3.8) is 0 Å². The number of ether oxygens (including phenoxy) is 1. The van der Waals surface area contributed by atoms with Crippen molar-refractivity contribution in [1.29, 1.82) is 0 Å². The van der Waals surface area contributed by atoms with Crippen LogP contribution in [0.5, 0.6) is 0 Å². The van der Waals surface area contributed by atoms with Gasteiger partial charge in [-0.05, 0) is 18.6 Å². The highest BCUT2D eigenvalue weighted by Crippen LogP contribution is 2.10. The molecule has 1 unspecified atom stereocenters. The topological polar surface area (TPSA) is 63.2 Å². The van der Waals surface area contributed by atoms with Gasteiger partial charge in [0.25, 0.3) is 5.91 Å². The van der Waals surface area contributed by atoms with Crippen molar-refractivity contribution in [2.24, 2.45) is 0 Å². The van der Waals surface area contributed by atoms with Crippen molar-refractivity contribution in [3.05, 3.63) is 23.9 Å². The first-order valence-electron chi connectivity index (χ1n) is 5.32. The van der Waals surface area contributed by atoms with Crippen LogP contribution in [0.1, 0.15) is 5.56 Å². The molecule has 1 saturated heterocycles. The standard InChI is InChI=1S/C11H15N3O2/c1-8-3-2-4-13-10(8)14-11(15)9-7-12-5-6-16-9/h2-4,9,12H,5-7H2,1H3,(H,13,14,15). The minimum atomic E-state index is -0.421. The number of morpholine rings is 1. The van der Waals surface area contributed by atoms with E-state index in [1.165, 1.54) is 0 Å². The largest absolute Gasteiger partial charge is 0.366 e. The normalized spacial score (nSPS) is 20.4. The lowest BCUT2D eigenvalue weighted by atomic mass is 10.2. The number of nitrogens with zero attached hydrogens (tertiary/aromatic N) is 1. The molecule has 2 N–H and O–H groups in total. The van der Waals surface area contributed by atoms with E-state index in [0.717, 1.165) is 12.1 Å². The summed E-state index contributed by atoms with van der Waals surface area (Å²) >= 11 is 0. The molecule has 1 aliphatic heterocycles. The Balaban J connectivity index is 1.99. The van der Waals surface area contributed by atoms with Crippen LogP contribution in [0.2, 0.25) is 0 Å². The number of aryl methyl sites for hydroxylation is 1. The fourth-order valence-corrected chi connectivity index (χ4v) is 1.55. The van der Waals surface area contributed by atoms with Gasteiger partial charge in [0.2, 0.25) is 0 Å². The second kappa shape index (κ2) is 5.05. The predicted octanol–water partition coefficient (Wildman–Crippen LogP) is 0.317. The van der Waals surface area contributed by atoms with Gasteiger partial charge < -0.3 is 15.4 Å². The number of hydrogen-bond donors (Lipinski definition) is 2. The number of amides is 1. The first-order chi connectivity index (χ1) is 7.77. The van der Waals surface area contributed by atoms with Crippen LogP contribution >= 0.6 is 0 Å². The van der Waals surface area contributed by atoms with E-state index in [9.17, 15) is 4.79 Å². The highest BCUT2D eigenvalue weighted by molar-refractivity contribution is 5.94. The molecule has 2 rings (SSSR count). The highest BCUT2D eigenvalue weighted by atomic mass is 16.5. The van der Waals surface area contributed by atoms with Crippen molar-refractivity contribution in [3.8, 4) is 0 Å². The molecule has 5 heteroatoms. The summed E-state index contributed by atoms with van der Waals surface area (Å²) in [6.45, 7) is 3.83. The molecular formula is C11H15N3O2. The van der Waals surface area contributed by atoms with E-state index in [1.807, 2.05) is 19.1 Å². The second-order valence-electron chi connectivity index (χ2n) is 3.72. The van der Waals surface area contributed by atoms with Crippen LogP contribution in [0.15, 0.2) is 18.3 Å². The molecule has 1 amide bonds. The summed E-state index contributed by atoms with van der Waals surface area (Å²) in [4.78, 5) is 15.9. The zero-order valence-corrected chi connectivity index (χ0v) is 9.19. The average Bonchev–Trinajstić information content (AvgIpc) is 2.33. The minimum Gasteiger partial charge on any atom is -0.366 e. The molecule has 0 aliphatic carbocycles. The number of carbonyl (C=O) groups is 1. The number of nitrogens with one attached hydrogen (secondary N) is 2. The van der Waals surface area contributed by atoms with E-state index in [0.29, 0.717) is 19.0 Å². The Morgan fingerprint density at radius 2 is 2.56 bits per heavy atom. The third-order valence-electron chi connectivity index (χ3n) is 2.47. The van der Waals surface area contributed by atoms with E-state index in [-0.39, 0.29) is 5.91 Å². The first kappa shape index (κ1) is 11.0. The molecule has 0 radical (unpaired) electrons. The number of aromatic nitrogens is 1. The fourth-order valence-electron chi connectivity index (χ4n) is 1.55. The number of pyridine rings is 1. The molecule has 1 fully saturated rings. The summed E-state index contributed by atoms with van der Waals surface area (Å²) < 4.78 is 5.35. The van der Waals surface area contributed by atoms with Gasteiger partial charge in [0.15, 0.2) is 0 Å². The van der Waals surface area contributed by atoms with E-state index >= 15 is 0 Å². The molecule has 0 bridgehead atoms. The Morgan fingerprint density at radius 1 is 1.69 bits per heavy atom. The summed E-state index contributed by atoms with van der Waals surface area (Å²) in [6.07, 6.45) is 1.23. The van der Waals surface area contributed by atoms with Crippen molar-refractivity contribution >= 4 is 11.7 Å². The lowest BCUT2D eigenvalue weighted by Crippen LogP contribution is -2.45. The highest BCUT2D eigenvalue weighted by Gasteiger charge is 2.22. The van der Waals surface area contributed by atoms with E-state index in [4.69, 9.17) is 4.74 Å². The molecule has 0 saturated carbocycles. The van der Waals surface area contributed by atoms with E-state index in [2.05, 4.69) is 15.6 Å². The molecule has 0 spiro atoms. The summed E-state index contributed by atoms with van der Waals surface area (Å²) in [5.41, 5.74) is 0.944. The lowest BCUT2D eigenvalue weighted by molar-refractivity contribution is -0.128. The molecule has 1 aromatic heterocycles. The maximum absolute atomic E-state index is 11.8. The third kappa shape index (κ3) is 2.56. The Labute approximate surface area is 94.2 Å². The van der Waals surface area contributed by atoms with E-state index in [1.54, 1.807) is 6.20 Å². The summed E-state index contributed by atoms with van der Waals surface area (Å²) in [5, 5.41) is 5.87. The van der Waals surface area contributed by atoms with Crippen molar-refractivity contribution in [2.75, 3.05) is 25.0 Å². The lowest BCUT2D eigenvalue weighted by Gasteiger charge is -2.22. The maximum Gasteiger partial charge on any atom is 0.255 e. The Kier molecular flexibility index (Phi) is 3.48. The molecule has 5 nitrogen and oxygen atoms in total. The molecule has 1 aliphatic rings. The van der Waals surface area contributed by atoms with Crippen molar-refractivity contribution in [1.82, 2.24) is 10.3 Å². The maximum atomic E-state index is 11.8. The monoisotopic (exact) mass is 221 g/mol. The van der Waals surface area contributed by atoms with Gasteiger partial charge in [-0.25, -0.2) is 4.98 Å². The molecular weight excluding hydrogens is 206 g/mol. The molecule has 2 heterocycles. The molecule has 1 atom stereocenters. The summed E-state index contributed by atoms with van der Waals surface area (Å²) in [7, 11) is 0. The minimum absolute atomic E-state index is 0.144. The number of anilines is 1. The molecule has 0 aromatic carbocycles. The van der Waals surface area contributed by atoms with Gasteiger partial charge in [0.1, 0.15) is 11.9 Å². The van der Waals surface area contributed by atoms with Crippen LogP contribution < -0.4 is 10.6 Å². The van der Waals surface area contributed by atoms with Crippen LogP contribution in [0.25, 0.3) is 0 Å². The Morgan fingerprint density at radius 3 is 3.25 bits per heavy atom. The molecule has 86 valence electrons. The zero-order valence-electron chi connectivity index (χ0n) is 9.19. The quantitative estimate of drug-likeness (QED) is 0.754. The number of rotatable bonds is 2. The third-order valence-corrected chi connectivity index (χ3v) is 2.47. The average molecular weight is 221 g/mol. The van der Waals surface area contributed by atoms with Gasteiger partial charge in [0, 0.05) is 19.3 Å². The number of carbonyl (C=O) groups excluding carboxylic acids is 1. The summed E-state index contributed by atoms with van der Waals surface area (Å²) in [6, 6.07) is 3.74. The molecule has 1 aromatic rings. The zero-order chi connectivity index (χ0) is 11.4. The molecule has 16 heavy (non-hydrogen) atoms. The van der Waals surface area contributed by atoms with E-state index < -0.39 is 6.10 Å². The van der Waals surface area contributed by atoms with Crippen LogP contribution in [-0.2, 0) is 9.53 Å². The smallest absolute Gasteiger partial charge is 0.255 e. The van der Waals surface area contributed by atoms with Crippen molar-refractivity contribution in [2.45, 2.75) is 13.0 Å². The van der Waals surface area contributed by atoms with Crippen LogP contribution in [0.3, 0.4) is 0 Å².